The molecule has 0 radical (unpaired) electrons. The van der Waals surface area contributed by atoms with Gasteiger partial charge < -0.3 is 15.2 Å². The third-order valence-corrected chi connectivity index (χ3v) is 3.48. The van der Waals surface area contributed by atoms with Crippen molar-refractivity contribution in [3.05, 3.63) is 12.2 Å². The van der Waals surface area contributed by atoms with Gasteiger partial charge in [0, 0.05) is 6.54 Å². The third kappa shape index (κ3) is 3.03. The van der Waals surface area contributed by atoms with Crippen molar-refractivity contribution in [2.24, 2.45) is 17.8 Å². The summed E-state index contributed by atoms with van der Waals surface area (Å²) in [5, 5.41) is 11.9. The predicted octanol–water partition coefficient (Wildman–Crippen LogP) is 0.797. The normalized spacial score (nSPS) is 32.7. The Morgan fingerprint density at radius 1 is 1.27 bits per heavy atom. The smallest absolute Gasteiger partial charge is 0.0698 e. The highest BCUT2D eigenvalue weighted by Crippen LogP contribution is 2.42. The monoisotopic (exact) mass is 211 g/mol. The lowest BCUT2D eigenvalue weighted by atomic mass is 9.94. The van der Waals surface area contributed by atoms with Gasteiger partial charge in [0.25, 0.3) is 0 Å². The van der Waals surface area contributed by atoms with Crippen LogP contribution in [0.4, 0.5) is 0 Å². The fourth-order valence-electron chi connectivity index (χ4n) is 2.73. The molecule has 0 heterocycles. The molecule has 3 nitrogen and oxygen atoms in total. The summed E-state index contributed by atoms with van der Waals surface area (Å²) in [4.78, 5) is 0. The first-order valence-electron chi connectivity index (χ1n) is 5.98. The van der Waals surface area contributed by atoms with Crippen LogP contribution in [0.3, 0.4) is 0 Å². The quantitative estimate of drug-likeness (QED) is 0.483. The molecule has 0 amide bonds. The molecule has 1 saturated carbocycles. The molecule has 2 N–H and O–H groups in total. The lowest BCUT2D eigenvalue weighted by molar-refractivity contribution is 0.0933. The Morgan fingerprint density at radius 3 is 2.87 bits per heavy atom. The molecule has 1 fully saturated rings. The minimum atomic E-state index is 0.122. The summed E-state index contributed by atoms with van der Waals surface area (Å²) < 4.78 is 5.18. The van der Waals surface area contributed by atoms with Crippen LogP contribution in [0, 0.1) is 17.8 Å². The minimum absolute atomic E-state index is 0.122. The molecule has 2 rings (SSSR count). The van der Waals surface area contributed by atoms with E-state index < -0.39 is 0 Å². The zero-order valence-corrected chi connectivity index (χ0v) is 9.19. The number of hydrogen-bond acceptors (Lipinski definition) is 3. The van der Waals surface area contributed by atoms with E-state index in [1.807, 2.05) is 0 Å². The average molecular weight is 211 g/mol. The summed E-state index contributed by atoms with van der Waals surface area (Å²) in [6.07, 6.45) is 7.52. The summed E-state index contributed by atoms with van der Waals surface area (Å²) in [6, 6.07) is 0. The molecule has 2 bridgehead atoms. The van der Waals surface area contributed by atoms with Crippen LogP contribution in [-0.2, 0) is 4.74 Å². The Kier molecular flexibility index (Phi) is 4.18. The SMILES string of the molecule is OCCOCCNC[C@H]1C[C@H]2C=C[C@@H]1C2. The number of nitrogens with one attached hydrogen (secondary N) is 1. The molecule has 0 unspecified atom stereocenters. The molecular weight excluding hydrogens is 190 g/mol. The summed E-state index contributed by atoms with van der Waals surface area (Å²) in [5.41, 5.74) is 0. The molecule has 0 aromatic heterocycles. The summed E-state index contributed by atoms with van der Waals surface area (Å²) in [5.74, 6) is 2.55. The standard InChI is InChI=1S/C12H21NO2/c14-4-6-15-5-3-13-9-12-8-10-1-2-11(12)7-10/h1-2,10-14H,3-9H2/t10-,11+,12+/m0/s1. The second kappa shape index (κ2) is 5.64. The largest absolute Gasteiger partial charge is 0.394 e. The van der Waals surface area contributed by atoms with E-state index in [4.69, 9.17) is 9.84 Å². The van der Waals surface area contributed by atoms with Crippen molar-refractivity contribution in [2.45, 2.75) is 12.8 Å². The van der Waals surface area contributed by atoms with Crippen LogP contribution in [-0.4, -0.2) is 38.0 Å². The van der Waals surface area contributed by atoms with Crippen LogP contribution in [0.5, 0.6) is 0 Å². The van der Waals surface area contributed by atoms with Crippen molar-refractivity contribution in [2.75, 3.05) is 32.9 Å². The van der Waals surface area contributed by atoms with Gasteiger partial charge in [-0.2, -0.15) is 0 Å². The van der Waals surface area contributed by atoms with Gasteiger partial charge in [0.1, 0.15) is 0 Å². The van der Waals surface area contributed by atoms with E-state index >= 15 is 0 Å². The molecule has 3 heteroatoms. The molecule has 0 spiro atoms. The van der Waals surface area contributed by atoms with Gasteiger partial charge >= 0.3 is 0 Å². The lowest BCUT2D eigenvalue weighted by Gasteiger charge is -2.18. The molecule has 2 aliphatic rings. The fourth-order valence-corrected chi connectivity index (χ4v) is 2.73. The maximum absolute atomic E-state index is 8.51. The number of aliphatic hydroxyl groups is 1. The third-order valence-electron chi connectivity index (χ3n) is 3.48. The Hall–Kier alpha value is -0.380. The Morgan fingerprint density at radius 2 is 2.20 bits per heavy atom. The van der Waals surface area contributed by atoms with E-state index in [1.54, 1.807) is 0 Å². The molecule has 0 aromatic rings. The molecule has 3 atom stereocenters. The number of aliphatic hydroxyl groups excluding tert-OH is 1. The van der Waals surface area contributed by atoms with Gasteiger partial charge in [-0.15, -0.1) is 0 Å². The van der Waals surface area contributed by atoms with Gasteiger partial charge in [0.05, 0.1) is 19.8 Å². The first kappa shape index (κ1) is 11.1. The highest BCUT2D eigenvalue weighted by atomic mass is 16.5. The number of allylic oxidation sites excluding steroid dienone is 2. The first-order chi connectivity index (χ1) is 7.40. The van der Waals surface area contributed by atoms with Crippen LogP contribution < -0.4 is 5.32 Å². The number of ether oxygens (including phenoxy) is 1. The van der Waals surface area contributed by atoms with E-state index in [0.29, 0.717) is 13.2 Å². The Balaban J connectivity index is 1.50. The van der Waals surface area contributed by atoms with E-state index in [2.05, 4.69) is 17.5 Å². The summed E-state index contributed by atoms with van der Waals surface area (Å²) in [7, 11) is 0. The Bertz CT molecular complexity index is 218. The number of fused-ring (bicyclic) bond motifs is 2. The molecule has 2 aliphatic carbocycles. The maximum Gasteiger partial charge on any atom is 0.0698 e. The van der Waals surface area contributed by atoms with Gasteiger partial charge in [-0.05, 0) is 37.1 Å². The van der Waals surface area contributed by atoms with E-state index in [-0.39, 0.29) is 6.61 Å². The van der Waals surface area contributed by atoms with Crippen LogP contribution >= 0.6 is 0 Å². The topological polar surface area (TPSA) is 41.5 Å². The molecular formula is C12H21NO2. The number of hydrogen-bond donors (Lipinski definition) is 2. The van der Waals surface area contributed by atoms with Crippen molar-refractivity contribution in [1.29, 1.82) is 0 Å². The maximum atomic E-state index is 8.51. The second-order valence-corrected chi connectivity index (χ2v) is 4.58. The predicted molar refractivity (Wildman–Crippen MR) is 59.6 cm³/mol. The van der Waals surface area contributed by atoms with Gasteiger partial charge in [0.15, 0.2) is 0 Å². The first-order valence-corrected chi connectivity index (χ1v) is 5.98. The van der Waals surface area contributed by atoms with Gasteiger partial charge in [-0.3, -0.25) is 0 Å². The van der Waals surface area contributed by atoms with Crippen LogP contribution in [0.25, 0.3) is 0 Å². The Labute approximate surface area is 91.5 Å². The zero-order chi connectivity index (χ0) is 10.5. The van der Waals surface area contributed by atoms with Crippen LogP contribution in [0.1, 0.15) is 12.8 Å². The van der Waals surface area contributed by atoms with Crippen molar-refractivity contribution in [3.63, 3.8) is 0 Å². The molecule has 86 valence electrons. The van der Waals surface area contributed by atoms with Gasteiger partial charge in [-0.25, -0.2) is 0 Å². The van der Waals surface area contributed by atoms with Crippen molar-refractivity contribution in [1.82, 2.24) is 5.32 Å². The highest BCUT2D eigenvalue weighted by Gasteiger charge is 2.34. The fraction of sp³-hybridized carbons (Fsp3) is 0.833. The van der Waals surface area contributed by atoms with E-state index in [9.17, 15) is 0 Å². The van der Waals surface area contributed by atoms with Crippen molar-refractivity contribution >= 4 is 0 Å². The van der Waals surface area contributed by atoms with Crippen LogP contribution in [0.15, 0.2) is 12.2 Å². The van der Waals surface area contributed by atoms with Crippen molar-refractivity contribution < 1.29 is 9.84 Å². The molecule has 0 aromatic carbocycles. The van der Waals surface area contributed by atoms with E-state index in [0.717, 1.165) is 30.8 Å². The molecule has 0 aliphatic heterocycles. The van der Waals surface area contributed by atoms with E-state index in [1.165, 1.54) is 12.8 Å². The van der Waals surface area contributed by atoms with Crippen molar-refractivity contribution in [3.8, 4) is 0 Å². The zero-order valence-electron chi connectivity index (χ0n) is 9.19. The van der Waals surface area contributed by atoms with Gasteiger partial charge in [-0.1, -0.05) is 12.2 Å². The number of rotatable bonds is 7. The minimum Gasteiger partial charge on any atom is -0.394 e. The van der Waals surface area contributed by atoms with Crippen LogP contribution in [0.2, 0.25) is 0 Å². The second-order valence-electron chi connectivity index (χ2n) is 4.58. The average Bonchev–Trinajstić information content (AvgIpc) is 2.85. The highest BCUT2D eigenvalue weighted by molar-refractivity contribution is 5.10. The lowest BCUT2D eigenvalue weighted by Crippen LogP contribution is -2.28. The summed E-state index contributed by atoms with van der Waals surface area (Å²) in [6.45, 7) is 3.30. The van der Waals surface area contributed by atoms with Gasteiger partial charge in [0.2, 0.25) is 0 Å². The molecule has 15 heavy (non-hydrogen) atoms. The summed E-state index contributed by atoms with van der Waals surface area (Å²) >= 11 is 0. The molecule has 0 saturated heterocycles.